The van der Waals surface area contributed by atoms with Crippen LogP contribution in [0.5, 0.6) is 0 Å². The van der Waals surface area contributed by atoms with Crippen LogP contribution in [0.4, 0.5) is 10.5 Å². The Balaban J connectivity index is 2.56. The van der Waals surface area contributed by atoms with Crippen molar-refractivity contribution in [2.45, 2.75) is 85.4 Å². The molecule has 2 unspecified atom stereocenters. The van der Waals surface area contributed by atoms with Crippen LogP contribution in [-0.4, -0.2) is 53.0 Å². The molecule has 214 valence electrons. The summed E-state index contributed by atoms with van der Waals surface area (Å²) in [6, 6.07) is 11.8. The maximum atomic E-state index is 14.2. The second kappa shape index (κ2) is 15.0. The summed E-state index contributed by atoms with van der Waals surface area (Å²) < 4.78 is 5.47. The molecule has 0 radical (unpaired) electrons. The van der Waals surface area contributed by atoms with E-state index >= 15 is 0 Å². The lowest BCUT2D eigenvalue weighted by atomic mass is 9.96. The first-order chi connectivity index (χ1) is 18.4. The first-order valence-corrected chi connectivity index (χ1v) is 15.0. The summed E-state index contributed by atoms with van der Waals surface area (Å²) in [4.78, 5) is 42.6. The molecule has 0 aromatic heterocycles. The Bertz CT molecular complexity index is 1130. The highest BCUT2D eigenvalue weighted by Crippen LogP contribution is 2.29. The number of hydrogen-bond donors (Lipinski definition) is 2. The minimum absolute atomic E-state index is 0.290. The number of carbonyl (C=O) groups is 3. The number of amides is 3. The summed E-state index contributed by atoms with van der Waals surface area (Å²) >= 11 is 1.59. The minimum atomic E-state index is -0.874. The van der Waals surface area contributed by atoms with Crippen molar-refractivity contribution in [3.05, 3.63) is 64.7 Å². The van der Waals surface area contributed by atoms with Gasteiger partial charge in [-0.2, -0.15) is 11.8 Å². The maximum Gasteiger partial charge on any atom is 0.408 e. The number of ether oxygens (including phenoxy) is 1. The van der Waals surface area contributed by atoms with Gasteiger partial charge in [0.1, 0.15) is 17.7 Å². The van der Waals surface area contributed by atoms with Gasteiger partial charge in [-0.1, -0.05) is 55.3 Å². The highest BCUT2D eigenvalue weighted by molar-refractivity contribution is 7.98. The molecule has 8 heteroatoms. The Labute approximate surface area is 238 Å². The van der Waals surface area contributed by atoms with Gasteiger partial charge in [0.2, 0.25) is 5.91 Å². The molecule has 0 aliphatic heterocycles. The summed E-state index contributed by atoms with van der Waals surface area (Å²) in [6.45, 7) is 13.7. The standard InChI is InChI=1S/C31H45N3O4S/c1-9-10-18-34(29(36)26(17-19-39-8)33-30(37)38-31(5,6)7)27(24-16-15-21(2)20-23(24)4)28(35)32-25-14-12-11-13-22(25)3/h11-16,20,26-27H,9-10,17-19H2,1-8H3,(H,32,35)(H,33,37). The summed E-state index contributed by atoms with van der Waals surface area (Å²) in [5.41, 5.74) is 3.69. The molecule has 0 heterocycles. The molecule has 7 nitrogen and oxygen atoms in total. The molecule has 3 amide bonds. The fourth-order valence-corrected chi connectivity index (χ4v) is 4.81. The number of benzene rings is 2. The van der Waals surface area contributed by atoms with Crippen LogP contribution < -0.4 is 10.6 Å². The topological polar surface area (TPSA) is 87.7 Å². The van der Waals surface area contributed by atoms with Crippen LogP contribution >= 0.6 is 11.8 Å². The summed E-state index contributed by atoms with van der Waals surface area (Å²) in [7, 11) is 0. The number of rotatable bonds is 12. The third kappa shape index (κ3) is 9.92. The Morgan fingerprint density at radius 2 is 1.72 bits per heavy atom. The van der Waals surface area contributed by atoms with E-state index in [-0.39, 0.29) is 11.8 Å². The lowest BCUT2D eigenvalue weighted by Crippen LogP contribution is -2.53. The maximum absolute atomic E-state index is 14.2. The van der Waals surface area contributed by atoms with Gasteiger partial charge in [-0.25, -0.2) is 4.79 Å². The molecule has 2 N–H and O–H groups in total. The van der Waals surface area contributed by atoms with Crippen molar-refractivity contribution in [3.8, 4) is 0 Å². The highest BCUT2D eigenvalue weighted by atomic mass is 32.2. The van der Waals surface area contributed by atoms with E-state index in [4.69, 9.17) is 4.74 Å². The first-order valence-electron chi connectivity index (χ1n) is 13.6. The van der Waals surface area contributed by atoms with Crippen LogP contribution in [0, 0.1) is 20.8 Å². The van der Waals surface area contributed by atoms with Crippen molar-refractivity contribution >= 4 is 35.4 Å². The lowest BCUT2D eigenvalue weighted by Gasteiger charge is -2.35. The number of para-hydroxylation sites is 1. The predicted octanol–water partition coefficient (Wildman–Crippen LogP) is 6.57. The van der Waals surface area contributed by atoms with E-state index < -0.39 is 23.8 Å². The van der Waals surface area contributed by atoms with Crippen molar-refractivity contribution < 1.29 is 19.1 Å². The van der Waals surface area contributed by atoms with Crippen molar-refractivity contribution in [1.29, 1.82) is 0 Å². The van der Waals surface area contributed by atoms with Gasteiger partial charge in [0.25, 0.3) is 5.91 Å². The third-order valence-electron chi connectivity index (χ3n) is 6.32. The molecule has 0 spiro atoms. The zero-order valence-electron chi connectivity index (χ0n) is 24.7. The number of carbonyl (C=O) groups excluding carboxylic acids is 3. The number of nitrogens with one attached hydrogen (secondary N) is 2. The molecule has 39 heavy (non-hydrogen) atoms. The second-order valence-corrected chi connectivity index (χ2v) is 11.9. The highest BCUT2D eigenvalue weighted by Gasteiger charge is 2.36. The van der Waals surface area contributed by atoms with Gasteiger partial charge in [-0.3, -0.25) is 9.59 Å². The van der Waals surface area contributed by atoms with Gasteiger partial charge in [0.05, 0.1) is 0 Å². The number of alkyl carbamates (subject to hydrolysis) is 1. The second-order valence-electron chi connectivity index (χ2n) is 10.9. The normalized spacial score (nSPS) is 12.8. The zero-order chi connectivity index (χ0) is 29.2. The van der Waals surface area contributed by atoms with Gasteiger partial charge >= 0.3 is 6.09 Å². The fraction of sp³-hybridized carbons (Fsp3) is 0.516. The molecular formula is C31H45N3O4S. The number of nitrogens with zero attached hydrogens (tertiary/aromatic N) is 1. The number of unbranched alkanes of at least 4 members (excludes halogenated alkanes) is 1. The third-order valence-corrected chi connectivity index (χ3v) is 6.96. The predicted molar refractivity (Wildman–Crippen MR) is 161 cm³/mol. The number of hydrogen-bond acceptors (Lipinski definition) is 5. The monoisotopic (exact) mass is 555 g/mol. The van der Waals surface area contributed by atoms with E-state index in [0.717, 1.165) is 28.7 Å². The van der Waals surface area contributed by atoms with Gasteiger partial charge in [0.15, 0.2) is 0 Å². The Morgan fingerprint density at radius 1 is 1.03 bits per heavy atom. The van der Waals surface area contributed by atoms with E-state index in [2.05, 4.69) is 10.6 Å². The lowest BCUT2D eigenvalue weighted by molar-refractivity contribution is -0.141. The van der Waals surface area contributed by atoms with Crippen molar-refractivity contribution in [2.24, 2.45) is 0 Å². The number of aryl methyl sites for hydroxylation is 3. The Morgan fingerprint density at radius 3 is 2.31 bits per heavy atom. The smallest absolute Gasteiger partial charge is 0.408 e. The summed E-state index contributed by atoms with van der Waals surface area (Å²) in [5.74, 6) is 0.0760. The molecule has 2 aromatic rings. The molecule has 0 aliphatic rings. The Kier molecular flexibility index (Phi) is 12.4. The fourth-order valence-electron chi connectivity index (χ4n) is 4.34. The van der Waals surface area contributed by atoms with E-state index in [1.807, 2.05) is 76.4 Å². The van der Waals surface area contributed by atoms with Gasteiger partial charge in [-0.15, -0.1) is 0 Å². The molecule has 2 atom stereocenters. The van der Waals surface area contributed by atoms with E-state index in [1.54, 1.807) is 37.4 Å². The van der Waals surface area contributed by atoms with E-state index in [0.29, 0.717) is 30.8 Å². The molecular weight excluding hydrogens is 510 g/mol. The molecule has 0 bridgehead atoms. The molecule has 0 saturated carbocycles. The molecule has 2 aromatic carbocycles. The SMILES string of the molecule is CCCCN(C(=O)C(CCSC)NC(=O)OC(C)(C)C)C(C(=O)Nc1ccccc1C)c1ccc(C)cc1C. The Hall–Kier alpha value is -3.00. The van der Waals surface area contributed by atoms with Crippen LogP contribution in [0.1, 0.15) is 75.3 Å². The van der Waals surface area contributed by atoms with Crippen molar-refractivity contribution in [3.63, 3.8) is 0 Å². The van der Waals surface area contributed by atoms with Crippen LogP contribution in [0.2, 0.25) is 0 Å². The average Bonchev–Trinajstić information content (AvgIpc) is 2.85. The van der Waals surface area contributed by atoms with E-state index in [9.17, 15) is 14.4 Å². The molecule has 2 rings (SSSR count). The van der Waals surface area contributed by atoms with Crippen molar-refractivity contribution in [2.75, 3.05) is 23.9 Å². The summed E-state index contributed by atoms with van der Waals surface area (Å²) in [5, 5.41) is 5.86. The first kappa shape index (κ1) is 32.2. The quantitative estimate of drug-likeness (QED) is 0.309. The number of anilines is 1. The van der Waals surface area contributed by atoms with Crippen LogP contribution in [0.15, 0.2) is 42.5 Å². The summed E-state index contributed by atoms with van der Waals surface area (Å²) in [6.07, 6.45) is 3.29. The largest absolute Gasteiger partial charge is 0.444 e. The molecule has 0 fully saturated rings. The van der Waals surface area contributed by atoms with Gasteiger partial charge in [0, 0.05) is 12.2 Å². The zero-order valence-corrected chi connectivity index (χ0v) is 25.5. The molecule has 0 aliphatic carbocycles. The van der Waals surface area contributed by atoms with Crippen molar-refractivity contribution in [1.82, 2.24) is 10.2 Å². The van der Waals surface area contributed by atoms with E-state index in [1.165, 1.54) is 0 Å². The average molecular weight is 556 g/mol. The minimum Gasteiger partial charge on any atom is -0.444 e. The van der Waals surface area contributed by atoms with Crippen LogP contribution in [-0.2, 0) is 14.3 Å². The number of thioether (sulfide) groups is 1. The van der Waals surface area contributed by atoms with Gasteiger partial charge in [-0.05, 0) is 89.1 Å². The van der Waals surface area contributed by atoms with Crippen LogP contribution in [0.3, 0.4) is 0 Å². The molecule has 0 saturated heterocycles. The van der Waals surface area contributed by atoms with Gasteiger partial charge < -0.3 is 20.3 Å². The van der Waals surface area contributed by atoms with Crippen LogP contribution in [0.25, 0.3) is 0 Å².